The van der Waals surface area contributed by atoms with Gasteiger partial charge in [-0.2, -0.15) is 4.31 Å². The summed E-state index contributed by atoms with van der Waals surface area (Å²) in [4.78, 5) is 0.233. The number of nitrogen functional groups attached to an aromatic ring is 1. The SMILES string of the molecule is Cc1ccc(N)c(S(=O)(=O)N(C)C(C)C(C)(C)C)c1C. The van der Waals surface area contributed by atoms with E-state index in [-0.39, 0.29) is 16.4 Å². The van der Waals surface area contributed by atoms with Crippen LogP contribution in [0.25, 0.3) is 0 Å². The molecule has 2 N–H and O–H groups in total. The van der Waals surface area contributed by atoms with Crippen molar-refractivity contribution in [1.29, 1.82) is 0 Å². The molecule has 0 aromatic heterocycles. The van der Waals surface area contributed by atoms with Crippen LogP contribution in [0, 0.1) is 19.3 Å². The molecule has 1 unspecified atom stereocenters. The lowest BCUT2D eigenvalue weighted by atomic mass is 9.88. The first-order chi connectivity index (χ1) is 8.90. The molecule has 4 nitrogen and oxygen atoms in total. The number of aryl methyl sites for hydroxylation is 1. The zero-order chi connectivity index (χ0) is 15.9. The van der Waals surface area contributed by atoms with Gasteiger partial charge in [-0.3, -0.25) is 0 Å². The van der Waals surface area contributed by atoms with Gasteiger partial charge in [0, 0.05) is 13.1 Å². The van der Waals surface area contributed by atoms with Crippen molar-refractivity contribution in [1.82, 2.24) is 4.31 Å². The summed E-state index contributed by atoms with van der Waals surface area (Å²) in [6.07, 6.45) is 0. The van der Waals surface area contributed by atoms with E-state index in [1.165, 1.54) is 4.31 Å². The molecule has 1 atom stereocenters. The van der Waals surface area contributed by atoms with Crippen LogP contribution < -0.4 is 5.73 Å². The highest BCUT2D eigenvalue weighted by Gasteiger charge is 2.34. The molecule has 0 heterocycles. The summed E-state index contributed by atoms with van der Waals surface area (Å²) in [5, 5.41) is 0. The summed E-state index contributed by atoms with van der Waals surface area (Å²) in [6, 6.07) is 3.37. The van der Waals surface area contributed by atoms with Crippen LogP contribution in [0.1, 0.15) is 38.8 Å². The van der Waals surface area contributed by atoms with Crippen LogP contribution in [0.15, 0.2) is 17.0 Å². The molecule has 20 heavy (non-hydrogen) atoms. The molecule has 114 valence electrons. The Labute approximate surface area is 123 Å². The molecule has 0 saturated heterocycles. The zero-order valence-corrected chi connectivity index (χ0v) is 14.3. The number of nitrogens with zero attached hydrogens (tertiary/aromatic N) is 1. The summed E-state index contributed by atoms with van der Waals surface area (Å²) in [5.41, 5.74) is 7.73. The molecule has 1 rings (SSSR count). The zero-order valence-electron chi connectivity index (χ0n) is 13.5. The normalized spacial score (nSPS) is 14.6. The van der Waals surface area contributed by atoms with Crippen molar-refractivity contribution in [3.8, 4) is 0 Å². The predicted octanol–water partition coefficient (Wildman–Crippen LogP) is 2.94. The minimum atomic E-state index is -3.60. The fraction of sp³-hybridized carbons (Fsp3) is 0.600. The van der Waals surface area contributed by atoms with Gasteiger partial charge < -0.3 is 5.73 Å². The molecule has 0 aliphatic carbocycles. The molecule has 0 bridgehead atoms. The van der Waals surface area contributed by atoms with Crippen molar-refractivity contribution in [3.05, 3.63) is 23.3 Å². The fourth-order valence-electron chi connectivity index (χ4n) is 2.05. The summed E-state index contributed by atoms with van der Waals surface area (Å²) in [6.45, 7) is 11.7. The van der Waals surface area contributed by atoms with Gasteiger partial charge in [0.2, 0.25) is 10.0 Å². The van der Waals surface area contributed by atoms with E-state index >= 15 is 0 Å². The topological polar surface area (TPSA) is 63.4 Å². The number of hydrogen-bond donors (Lipinski definition) is 1. The Kier molecular flexibility index (Phi) is 4.56. The smallest absolute Gasteiger partial charge is 0.245 e. The molecule has 0 spiro atoms. The Morgan fingerprint density at radius 3 is 2.15 bits per heavy atom. The van der Waals surface area contributed by atoms with E-state index in [2.05, 4.69) is 0 Å². The number of anilines is 1. The lowest BCUT2D eigenvalue weighted by Gasteiger charge is -2.35. The standard InChI is InChI=1S/C15H26N2O2S/c1-10-8-9-13(16)14(11(10)2)20(18,19)17(7)12(3)15(4,5)6/h8-9,12H,16H2,1-7H3. The summed E-state index contributed by atoms with van der Waals surface area (Å²) in [5.74, 6) is 0. The Morgan fingerprint density at radius 1 is 1.20 bits per heavy atom. The quantitative estimate of drug-likeness (QED) is 0.873. The second-order valence-electron chi connectivity index (χ2n) is 6.49. The van der Waals surface area contributed by atoms with E-state index in [1.54, 1.807) is 20.0 Å². The fourth-order valence-corrected chi connectivity index (χ4v) is 3.99. The van der Waals surface area contributed by atoms with Gasteiger partial charge in [-0.1, -0.05) is 26.8 Å². The largest absolute Gasteiger partial charge is 0.398 e. The highest BCUT2D eigenvalue weighted by Crippen LogP contribution is 2.32. The van der Waals surface area contributed by atoms with Crippen LogP contribution in [-0.4, -0.2) is 25.8 Å². The van der Waals surface area contributed by atoms with Gasteiger partial charge in [0.1, 0.15) is 4.90 Å². The van der Waals surface area contributed by atoms with Crippen molar-refractivity contribution >= 4 is 15.7 Å². The van der Waals surface area contributed by atoms with Gasteiger partial charge in [0.05, 0.1) is 5.69 Å². The minimum absolute atomic E-state index is 0.133. The van der Waals surface area contributed by atoms with Crippen molar-refractivity contribution in [2.45, 2.75) is 52.5 Å². The summed E-state index contributed by atoms with van der Waals surface area (Å²) < 4.78 is 27.1. The van der Waals surface area contributed by atoms with Gasteiger partial charge in [-0.25, -0.2) is 8.42 Å². The molecular formula is C15H26N2O2S. The number of rotatable bonds is 3. The highest BCUT2D eigenvalue weighted by molar-refractivity contribution is 7.89. The average Bonchev–Trinajstić information content (AvgIpc) is 2.31. The Bertz CT molecular complexity index is 601. The molecule has 0 aliphatic rings. The second kappa shape index (κ2) is 5.37. The summed E-state index contributed by atoms with van der Waals surface area (Å²) >= 11 is 0. The third kappa shape index (κ3) is 2.99. The maximum atomic E-state index is 12.9. The van der Waals surface area contributed by atoms with E-state index in [9.17, 15) is 8.42 Å². The van der Waals surface area contributed by atoms with Crippen molar-refractivity contribution in [2.24, 2.45) is 5.41 Å². The molecule has 1 aromatic rings. The van der Waals surface area contributed by atoms with E-state index in [0.29, 0.717) is 5.69 Å². The van der Waals surface area contributed by atoms with Crippen LogP contribution in [0.2, 0.25) is 0 Å². The Balaban J connectivity index is 3.42. The number of hydrogen-bond acceptors (Lipinski definition) is 3. The number of benzene rings is 1. The van der Waals surface area contributed by atoms with E-state index in [4.69, 9.17) is 5.73 Å². The lowest BCUT2D eigenvalue weighted by molar-refractivity contribution is 0.216. The molecular weight excluding hydrogens is 272 g/mol. The van der Waals surface area contributed by atoms with Crippen molar-refractivity contribution in [2.75, 3.05) is 12.8 Å². The summed E-state index contributed by atoms with van der Waals surface area (Å²) in [7, 11) is -1.98. The lowest BCUT2D eigenvalue weighted by Crippen LogP contribution is -2.43. The molecule has 0 radical (unpaired) electrons. The van der Waals surface area contributed by atoms with Gasteiger partial charge in [-0.15, -0.1) is 0 Å². The maximum absolute atomic E-state index is 12.9. The molecule has 5 heteroatoms. The molecule has 1 aromatic carbocycles. The molecule has 0 fully saturated rings. The molecule has 0 saturated carbocycles. The highest BCUT2D eigenvalue weighted by atomic mass is 32.2. The van der Waals surface area contributed by atoms with Gasteiger partial charge in [-0.05, 0) is 43.4 Å². The first-order valence-corrected chi connectivity index (χ1v) is 8.18. The van der Waals surface area contributed by atoms with Crippen LogP contribution >= 0.6 is 0 Å². The van der Waals surface area contributed by atoms with E-state index < -0.39 is 10.0 Å². The van der Waals surface area contributed by atoms with Crippen molar-refractivity contribution < 1.29 is 8.42 Å². The van der Waals surface area contributed by atoms with Gasteiger partial charge in [0.15, 0.2) is 0 Å². The first kappa shape index (κ1) is 17.0. The first-order valence-electron chi connectivity index (χ1n) is 6.74. The molecule has 0 aliphatic heterocycles. The third-order valence-electron chi connectivity index (χ3n) is 4.14. The number of sulfonamides is 1. The number of nitrogens with two attached hydrogens (primary N) is 1. The second-order valence-corrected chi connectivity index (χ2v) is 8.42. The monoisotopic (exact) mass is 298 g/mol. The van der Waals surface area contributed by atoms with Crippen molar-refractivity contribution in [3.63, 3.8) is 0 Å². The van der Waals surface area contributed by atoms with Crippen LogP contribution in [0.4, 0.5) is 5.69 Å². The minimum Gasteiger partial charge on any atom is -0.398 e. The average molecular weight is 298 g/mol. The van der Waals surface area contributed by atoms with E-state index in [0.717, 1.165) is 11.1 Å². The predicted molar refractivity (Wildman–Crippen MR) is 84.2 cm³/mol. The van der Waals surface area contributed by atoms with Crippen LogP contribution in [-0.2, 0) is 10.0 Å². The van der Waals surface area contributed by atoms with Crippen LogP contribution in [0.3, 0.4) is 0 Å². The van der Waals surface area contributed by atoms with E-state index in [1.807, 2.05) is 40.7 Å². The molecule has 0 amide bonds. The van der Waals surface area contributed by atoms with Crippen LogP contribution in [0.5, 0.6) is 0 Å². The Hall–Kier alpha value is -1.07. The maximum Gasteiger partial charge on any atom is 0.245 e. The third-order valence-corrected chi connectivity index (χ3v) is 6.28. The Morgan fingerprint density at radius 2 is 1.70 bits per heavy atom. The van der Waals surface area contributed by atoms with Gasteiger partial charge in [0.25, 0.3) is 0 Å². The van der Waals surface area contributed by atoms with Gasteiger partial charge >= 0.3 is 0 Å².